The molecule has 5 aromatic rings. The Labute approximate surface area is 374 Å². The van der Waals surface area contributed by atoms with E-state index in [1.54, 1.807) is 35.4 Å². The molecule has 0 spiro atoms. The summed E-state index contributed by atoms with van der Waals surface area (Å²) in [6.45, 7) is 3.23. The van der Waals surface area contributed by atoms with Crippen LogP contribution in [-0.4, -0.2) is 87.3 Å². The van der Waals surface area contributed by atoms with Crippen LogP contribution < -0.4 is 26.6 Å². The minimum absolute atomic E-state index is 0.0104. The fourth-order valence-corrected chi connectivity index (χ4v) is 8.67. The average molecular weight is 864 g/mol. The second kappa shape index (κ2) is 20.6. The summed E-state index contributed by atoms with van der Waals surface area (Å²) in [5.74, 6) is -1.93. The van der Waals surface area contributed by atoms with E-state index >= 15 is 0 Å². The summed E-state index contributed by atoms with van der Waals surface area (Å²) in [6, 6.07) is 35.2. The number of amides is 6. The molecule has 5 N–H and O–H groups in total. The minimum atomic E-state index is -0.919. The molecule has 3 aliphatic rings. The highest BCUT2D eigenvalue weighted by atomic mass is 16.2. The van der Waals surface area contributed by atoms with Crippen molar-refractivity contribution in [3.63, 3.8) is 0 Å². The highest BCUT2D eigenvalue weighted by Crippen LogP contribution is 2.42. The van der Waals surface area contributed by atoms with Gasteiger partial charge in [0, 0.05) is 61.2 Å². The van der Waals surface area contributed by atoms with E-state index in [1.165, 1.54) is 15.8 Å². The summed E-state index contributed by atoms with van der Waals surface area (Å²) in [4.78, 5) is 69.8. The lowest BCUT2D eigenvalue weighted by Gasteiger charge is -2.19. The van der Waals surface area contributed by atoms with Crippen LogP contribution >= 0.6 is 0 Å². The first-order valence-electron chi connectivity index (χ1n) is 22.6. The number of unbranched alkanes of at least 4 members (excludes halogenated alkanes) is 3. The molecule has 8 rings (SSSR count). The van der Waals surface area contributed by atoms with Gasteiger partial charge in [0.25, 0.3) is 5.91 Å². The Morgan fingerprint density at radius 2 is 1.27 bits per heavy atom. The molecule has 0 bridgehead atoms. The number of hydrogen-bond donors (Lipinski definition) is 5. The van der Waals surface area contributed by atoms with Gasteiger partial charge in [0.15, 0.2) is 0 Å². The van der Waals surface area contributed by atoms with Crippen LogP contribution in [0.1, 0.15) is 84.3 Å². The van der Waals surface area contributed by atoms with Crippen LogP contribution in [0.4, 0.5) is 4.79 Å². The number of nitrogens with one attached hydrogen (secondary N) is 5. The van der Waals surface area contributed by atoms with E-state index in [1.807, 2.05) is 66.7 Å². The van der Waals surface area contributed by atoms with Gasteiger partial charge in [0.2, 0.25) is 17.7 Å². The molecule has 6 amide bonds. The Hall–Kier alpha value is -6.83. The van der Waals surface area contributed by atoms with Crippen molar-refractivity contribution in [3.05, 3.63) is 144 Å². The highest BCUT2D eigenvalue weighted by molar-refractivity contribution is 5.97. The van der Waals surface area contributed by atoms with Gasteiger partial charge in [0.05, 0.1) is 24.6 Å². The SMILES string of the molecule is CCCCCCNC(=O)[C@H](Cn1cc(-c2ccc(C(=O)N3C[C@@H](C(=O)N[C@H]4C[C@@H]4c4ccccc4)[C@H](C(=O)N[C@H]4C[C@@H]4c4ccccc4)C3)cc2)nn1)NC(=O)NCc1ccccc1. The number of benzene rings is 4. The number of aromatic nitrogens is 3. The molecular formula is C50H57N9O5. The number of urea groups is 1. The van der Waals surface area contributed by atoms with Crippen molar-refractivity contribution < 1.29 is 24.0 Å². The van der Waals surface area contributed by atoms with Gasteiger partial charge in [-0.3, -0.25) is 19.2 Å². The fourth-order valence-electron chi connectivity index (χ4n) is 8.67. The van der Waals surface area contributed by atoms with Gasteiger partial charge in [0.1, 0.15) is 11.7 Å². The van der Waals surface area contributed by atoms with E-state index in [-0.39, 0.29) is 67.2 Å². The first-order chi connectivity index (χ1) is 31.2. The minimum Gasteiger partial charge on any atom is -0.354 e. The summed E-state index contributed by atoms with van der Waals surface area (Å²) in [5.41, 5.74) is 4.90. The molecule has 0 radical (unpaired) electrons. The van der Waals surface area contributed by atoms with Crippen LogP contribution in [0, 0.1) is 11.8 Å². The third-order valence-electron chi connectivity index (χ3n) is 12.6. The van der Waals surface area contributed by atoms with Crippen molar-refractivity contribution in [2.24, 2.45) is 11.8 Å². The Balaban J connectivity index is 0.905. The molecule has 7 atom stereocenters. The summed E-state index contributed by atoms with van der Waals surface area (Å²) in [7, 11) is 0. The molecule has 1 saturated heterocycles. The number of rotatable bonds is 19. The molecule has 14 heteroatoms. The Morgan fingerprint density at radius 3 is 1.84 bits per heavy atom. The molecule has 14 nitrogen and oxygen atoms in total. The van der Waals surface area contributed by atoms with E-state index in [4.69, 9.17) is 0 Å². The van der Waals surface area contributed by atoms with E-state index in [9.17, 15) is 24.0 Å². The first-order valence-corrected chi connectivity index (χ1v) is 22.6. The molecule has 64 heavy (non-hydrogen) atoms. The van der Waals surface area contributed by atoms with E-state index in [2.05, 4.69) is 68.1 Å². The van der Waals surface area contributed by atoms with Crippen molar-refractivity contribution in [2.45, 2.75) is 88.5 Å². The van der Waals surface area contributed by atoms with Gasteiger partial charge in [-0.05, 0) is 48.1 Å². The smallest absolute Gasteiger partial charge is 0.315 e. The second-order valence-electron chi connectivity index (χ2n) is 17.3. The topological polar surface area (TPSA) is 179 Å². The Morgan fingerprint density at radius 1 is 0.688 bits per heavy atom. The van der Waals surface area contributed by atoms with Crippen LogP contribution in [0.25, 0.3) is 11.3 Å². The first kappa shape index (κ1) is 43.8. The molecule has 1 aliphatic heterocycles. The number of carbonyl (C=O) groups is 5. The van der Waals surface area contributed by atoms with Crippen molar-refractivity contribution in [1.82, 2.24) is 46.5 Å². The number of likely N-dealkylation sites (tertiary alicyclic amines) is 1. The van der Waals surface area contributed by atoms with E-state index in [0.29, 0.717) is 29.9 Å². The van der Waals surface area contributed by atoms with E-state index in [0.717, 1.165) is 44.1 Å². The zero-order valence-electron chi connectivity index (χ0n) is 36.2. The van der Waals surface area contributed by atoms with Gasteiger partial charge < -0.3 is 31.5 Å². The maximum Gasteiger partial charge on any atom is 0.315 e. The summed E-state index contributed by atoms with van der Waals surface area (Å²) in [5, 5.41) is 23.6. The highest BCUT2D eigenvalue weighted by Gasteiger charge is 2.49. The third-order valence-corrected chi connectivity index (χ3v) is 12.6. The van der Waals surface area contributed by atoms with Crippen LogP contribution in [0.15, 0.2) is 121 Å². The van der Waals surface area contributed by atoms with Crippen molar-refractivity contribution in [2.75, 3.05) is 19.6 Å². The Kier molecular flexibility index (Phi) is 14.1. The molecule has 4 aromatic carbocycles. The zero-order chi connectivity index (χ0) is 44.4. The number of nitrogens with zero attached hydrogens (tertiary/aromatic N) is 4. The molecule has 3 fully saturated rings. The standard InChI is InChI=1S/C50H57N9O5/c1-2-3-4-14-25-51-48(62)45(55-50(64)52-28-33-15-8-5-9-16-33)32-59-31-44(56-57-59)36-21-23-37(24-22-36)49(63)58-29-40(46(60)53-42-26-38(42)34-17-10-6-11-18-34)41(30-58)47(61)54-43-27-39(43)35-19-12-7-13-20-35/h5-13,15-24,31,38-43,45H,2-4,14,25-30,32H2,1H3,(H,51,62)(H,53,60)(H,54,61)(H2,52,55,64)/t38-,39-,40-,41-,42+,43+,45+/m1/s1. The van der Waals surface area contributed by atoms with Crippen molar-refractivity contribution in [1.29, 1.82) is 0 Å². The summed E-state index contributed by atoms with van der Waals surface area (Å²) >= 11 is 0. The van der Waals surface area contributed by atoms with Crippen LogP contribution in [0.3, 0.4) is 0 Å². The molecule has 1 aromatic heterocycles. The molecule has 2 heterocycles. The molecular weight excluding hydrogens is 807 g/mol. The van der Waals surface area contributed by atoms with Gasteiger partial charge in [-0.25, -0.2) is 9.48 Å². The van der Waals surface area contributed by atoms with E-state index < -0.39 is 23.9 Å². The summed E-state index contributed by atoms with van der Waals surface area (Å²) in [6.07, 6.45) is 7.37. The largest absolute Gasteiger partial charge is 0.354 e. The lowest BCUT2D eigenvalue weighted by molar-refractivity contribution is -0.133. The number of hydrogen-bond acceptors (Lipinski definition) is 7. The molecule has 2 saturated carbocycles. The predicted octanol–water partition coefficient (Wildman–Crippen LogP) is 5.54. The van der Waals surface area contributed by atoms with Crippen molar-refractivity contribution in [3.8, 4) is 11.3 Å². The van der Waals surface area contributed by atoms with Gasteiger partial charge in [-0.15, -0.1) is 5.10 Å². The normalized spacial score (nSPS) is 21.3. The maximum atomic E-state index is 14.1. The monoisotopic (exact) mass is 863 g/mol. The van der Waals surface area contributed by atoms with Crippen LogP contribution in [-0.2, 0) is 27.5 Å². The lowest BCUT2D eigenvalue weighted by Crippen LogP contribution is -2.52. The fraction of sp³-hybridized carbons (Fsp3) is 0.380. The second-order valence-corrected chi connectivity index (χ2v) is 17.3. The molecule has 2 aliphatic carbocycles. The quantitative estimate of drug-likeness (QED) is 0.0677. The van der Waals surface area contributed by atoms with Gasteiger partial charge in [-0.2, -0.15) is 0 Å². The van der Waals surface area contributed by atoms with Crippen molar-refractivity contribution >= 4 is 29.7 Å². The Bertz CT molecular complexity index is 2300. The van der Waals surface area contributed by atoms with Crippen LogP contribution in [0.5, 0.6) is 0 Å². The maximum absolute atomic E-state index is 14.1. The third kappa shape index (κ3) is 11.2. The predicted molar refractivity (Wildman–Crippen MR) is 243 cm³/mol. The van der Waals surface area contributed by atoms with Gasteiger partial charge in [-0.1, -0.05) is 135 Å². The van der Waals surface area contributed by atoms with Crippen LogP contribution in [0.2, 0.25) is 0 Å². The molecule has 332 valence electrons. The molecule has 0 unspecified atom stereocenters. The average Bonchev–Trinajstić information content (AvgIpc) is 4.16. The lowest BCUT2D eigenvalue weighted by atomic mass is 9.94. The summed E-state index contributed by atoms with van der Waals surface area (Å²) < 4.78 is 1.52. The van der Waals surface area contributed by atoms with Gasteiger partial charge >= 0.3 is 6.03 Å². The number of carbonyl (C=O) groups excluding carboxylic acids is 5. The zero-order valence-corrected chi connectivity index (χ0v) is 36.2.